The molecule has 1 aliphatic rings. The van der Waals surface area contributed by atoms with Crippen molar-refractivity contribution in [1.82, 2.24) is 4.98 Å². The van der Waals surface area contributed by atoms with Gasteiger partial charge >= 0.3 is 0 Å². The standard InChI is InChI=1S/C15H25N3/c1-5-16-15-9-14(6-7-17-15)18-10-11(2)8-12(3)13(18)4/h6-7,9,11-13H,5,8,10H2,1-4H3,(H,16,17). The number of nitrogens with one attached hydrogen (secondary N) is 1. The average Bonchev–Trinajstić information content (AvgIpc) is 2.34. The summed E-state index contributed by atoms with van der Waals surface area (Å²) in [5.74, 6) is 2.50. The van der Waals surface area contributed by atoms with Crippen LogP contribution in [0.1, 0.15) is 34.1 Å². The molecule has 0 radical (unpaired) electrons. The van der Waals surface area contributed by atoms with Gasteiger partial charge in [0.2, 0.25) is 0 Å². The normalized spacial score (nSPS) is 28.2. The minimum absolute atomic E-state index is 0.609. The second kappa shape index (κ2) is 5.59. The molecule has 0 spiro atoms. The summed E-state index contributed by atoms with van der Waals surface area (Å²) in [6.07, 6.45) is 3.24. The van der Waals surface area contributed by atoms with Crippen LogP contribution in [0.4, 0.5) is 11.5 Å². The van der Waals surface area contributed by atoms with Gasteiger partial charge in [-0.05, 0) is 38.2 Å². The largest absolute Gasteiger partial charge is 0.370 e. The average molecular weight is 247 g/mol. The van der Waals surface area contributed by atoms with Crippen LogP contribution in [0, 0.1) is 11.8 Å². The van der Waals surface area contributed by atoms with E-state index in [1.165, 1.54) is 12.1 Å². The molecule has 3 unspecified atom stereocenters. The number of nitrogens with zero attached hydrogens (tertiary/aromatic N) is 2. The Morgan fingerprint density at radius 2 is 2.17 bits per heavy atom. The molecule has 3 heteroatoms. The van der Waals surface area contributed by atoms with Gasteiger partial charge in [0.05, 0.1) is 0 Å². The van der Waals surface area contributed by atoms with Crippen molar-refractivity contribution in [1.29, 1.82) is 0 Å². The summed E-state index contributed by atoms with van der Waals surface area (Å²) in [6.45, 7) is 11.2. The molecule has 1 aliphatic heterocycles. The van der Waals surface area contributed by atoms with Crippen LogP contribution in [0.2, 0.25) is 0 Å². The van der Waals surface area contributed by atoms with Crippen LogP contribution in [0.25, 0.3) is 0 Å². The van der Waals surface area contributed by atoms with Crippen molar-refractivity contribution in [2.75, 3.05) is 23.3 Å². The van der Waals surface area contributed by atoms with E-state index < -0.39 is 0 Å². The number of piperidine rings is 1. The van der Waals surface area contributed by atoms with Gasteiger partial charge in [0.1, 0.15) is 5.82 Å². The van der Waals surface area contributed by atoms with Crippen LogP contribution in [-0.2, 0) is 0 Å². The predicted octanol–water partition coefficient (Wildman–Crippen LogP) is 3.38. The van der Waals surface area contributed by atoms with E-state index >= 15 is 0 Å². The van der Waals surface area contributed by atoms with Crippen LogP contribution in [-0.4, -0.2) is 24.1 Å². The molecule has 1 aromatic rings. The first-order chi connectivity index (χ1) is 8.61. The molecule has 2 rings (SSSR count). The van der Waals surface area contributed by atoms with Gasteiger partial charge in [-0.25, -0.2) is 4.98 Å². The molecule has 1 N–H and O–H groups in total. The molecule has 1 aromatic heterocycles. The summed E-state index contributed by atoms with van der Waals surface area (Å²) < 4.78 is 0. The fourth-order valence-electron chi connectivity index (χ4n) is 2.93. The van der Waals surface area contributed by atoms with Crippen LogP contribution in [0.15, 0.2) is 18.3 Å². The first-order valence-electron chi connectivity index (χ1n) is 7.08. The Morgan fingerprint density at radius 1 is 1.39 bits per heavy atom. The van der Waals surface area contributed by atoms with Crippen molar-refractivity contribution in [3.8, 4) is 0 Å². The maximum atomic E-state index is 4.35. The second-order valence-corrected chi connectivity index (χ2v) is 5.64. The van der Waals surface area contributed by atoms with E-state index in [1.807, 2.05) is 6.20 Å². The number of aromatic nitrogens is 1. The Bertz CT molecular complexity index is 391. The quantitative estimate of drug-likeness (QED) is 0.887. The predicted molar refractivity (Wildman–Crippen MR) is 78.2 cm³/mol. The fraction of sp³-hybridized carbons (Fsp3) is 0.667. The number of rotatable bonds is 3. The fourth-order valence-corrected chi connectivity index (χ4v) is 2.93. The maximum absolute atomic E-state index is 4.35. The molecule has 3 atom stereocenters. The molecule has 1 saturated heterocycles. The Kier molecular flexibility index (Phi) is 4.10. The lowest BCUT2D eigenvalue weighted by Gasteiger charge is -2.42. The Balaban J connectivity index is 2.20. The number of hydrogen-bond acceptors (Lipinski definition) is 3. The van der Waals surface area contributed by atoms with E-state index in [2.05, 4.69) is 55.0 Å². The van der Waals surface area contributed by atoms with E-state index in [9.17, 15) is 0 Å². The third-order valence-corrected chi connectivity index (χ3v) is 4.03. The molecule has 3 nitrogen and oxygen atoms in total. The van der Waals surface area contributed by atoms with Gasteiger partial charge < -0.3 is 10.2 Å². The molecular formula is C15H25N3. The summed E-state index contributed by atoms with van der Waals surface area (Å²) >= 11 is 0. The molecule has 0 saturated carbocycles. The zero-order chi connectivity index (χ0) is 13.1. The molecule has 0 aromatic carbocycles. The third-order valence-electron chi connectivity index (χ3n) is 4.03. The van der Waals surface area contributed by atoms with Crippen molar-refractivity contribution >= 4 is 11.5 Å². The summed E-state index contributed by atoms with van der Waals surface area (Å²) in [5.41, 5.74) is 1.30. The molecule has 0 aliphatic carbocycles. The first kappa shape index (κ1) is 13.2. The van der Waals surface area contributed by atoms with Crippen LogP contribution in [0.3, 0.4) is 0 Å². The van der Waals surface area contributed by atoms with Crippen molar-refractivity contribution < 1.29 is 0 Å². The molecule has 18 heavy (non-hydrogen) atoms. The molecule has 0 bridgehead atoms. The highest BCUT2D eigenvalue weighted by Gasteiger charge is 2.28. The summed E-state index contributed by atoms with van der Waals surface area (Å²) in [5, 5.41) is 3.29. The highest BCUT2D eigenvalue weighted by atomic mass is 15.2. The van der Waals surface area contributed by atoms with E-state index in [0.29, 0.717) is 6.04 Å². The van der Waals surface area contributed by atoms with Gasteiger partial charge in [-0.3, -0.25) is 0 Å². The van der Waals surface area contributed by atoms with Crippen LogP contribution >= 0.6 is 0 Å². The molecule has 100 valence electrons. The third kappa shape index (κ3) is 2.77. The van der Waals surface area contributed by atoms with Crippen LogP contribution < -0.4 is 10.2 Å². The van der Waals surface area contributed by atoms with E-state index in [1.54, 1.807) is 0 Å². The first-order valence-corrected chi connectivity index (χ1v) is 7.08. The summed E-state index contributed by atoms with van der Waals surface area (Å²) in [4.78, 5) is 6.88. The van der Waals surface area contributed by atoms with Gasteiger partial charge in [0, 0.05) is 37.1 Å². The maximum Gasteiger partial charge on any atom is 0.127 e. The Morgan fingerprint density at radius 3 is 2.89 bits per heavy atom. The Hall–Kier alpha value is -1.25. The van der Waals surface area contributed by atoms with Crippen molar-refractivity contribution in [2.24, 2.45) is 11.8 Å². The molecular weight excluding hydrogens is 222 g/mol. The number of anilines is 2. The molecule has 2 heterocycles. The van der Waals surface area contributed by atoms with Gasteiger partial charge in [0.25, 0.3) is 0 Å². The summed E-state index contributed by atoms with van der Waals surface area (Å²) in [6, 6.07) is 4.91. The smallest absolute Gasteiger partial charge is 0.127 e. The monoisotopic (exact) mass is 247 g/mol. The lowest BCUT2D eigenvalue weighted by Crippen LogP contribution is -2.45. The van der Waals surface area contributed by atoms with E-state index in [4.69, 9.17) is 0 Å². The number of pyridine rings is 1. The second-order valence-electron chi connectivity index (χ2n) is 5.64. The Labute approximate surface area is 111 Å². The minimum Gasteiger partial charge on any atom is -0.370 e. The van der Waals surface area contributed by atoms with Crippen LogP contribution in [0.5, 0.6) is 0 Å². The van der Waals surface area contributed by atoms with Crippen molar-refractivity contribution in [3.05, 3.63) is 18.3 Å². The minimum atomic E-state index is 0.609. The SMILES string of the molecule is CCNc1cc(N2CC(C)CC(C)C2C)ccn1. The number of hydrogen-bond donors (Lipinski definition) is 1. The van der Waals surface area contributed by atoms with Gasteiger partial charge in [-0.1, -0.05) is 13.8 Å². The lowest BCUT2D eigenvalue weighted by atomic mass is 9.85. The highest BCUT2D eigenvalue weighted by molar-refractivity contribution is 5.54. The topological polar surface area (TPSA) is 28.2 Å². The van der Waals surface area contributed by atoms with Gasteiger partial charge in [-0.15, -0.1) is 0 Å². The summed E-state index contributed by atoms with van der Waals surface area (Å²) in [7, 11) is 0. The van der Waals surface area contributed by atoms with Crippen molar-refractivity contribution in [2.45, 2.75) is 40.2 Å². The van der Waals surface area contributed by atoms with Gasteiger partial charge in [-0.2, -0.15) is 0 Å². The van der Waals surface area contributed by atoms with E-state index in [0.717, 1.165) is 30.7 Å². The van der Waals surface area contributed by atoms with Gasteiger partial charge in [0.15, 0.2) is 0 Å². The molecule has 1 fully saturated rings. The lowest BCUT2D eigenvalue weighted by molar-refractivity contribution is 0.297. The molecule has 0 amide bonds. The zero-order valence-electron chi connectivity index (χ0n) is 12.0. The highest BCUT2D eigenvalue weighted by Crippen LogP contribution is 2.31. The van der Waals surface area contributed by atoms with Crippen molar-refractivity contribution in [3.63, 3.8) is 0 Å². The van der Waals surface area contributed by atoms with E-state index in [-0.39, 0.29) is 0 Å². The zero-order valence-corrected chi connectivity index (χ0v) is 12.0.